The van der Waals surface area contributed by atoms with Crippen molar-refractivity contribution in [2.75, 3.05) is 26.2 Å². The summed E-state index contributed by atoms with van der Waals surface area (Å²) in [5, 5.41) is 10.8. The van der Waals surface area contributed by atoms with Gasteiger partial charge in [0.15, 0.2) is 0 Å². The molecule has 0 radical (unpaired) electrons. The van der Waals surface area contributed by atoms with E-state index in [0.29, 0.717) is 11.5 Å². The zero-order valence-corrected chi connectivity index (χ0v) is 20.1. The molecule has 0 aliphatic carbocycles. The van der Waals surface area contributed by atoms with Crippen LogP contribution in [0, 0.1) is 17.4 Å². The first kappa shape index (κ1) is 24.9. The van der Waals surface area contributed by atoms with Crippen molar-refractivity contribution in [3.63, 3.8) is 0 Å². The molecule has 1 fully saturated rings. The standard InChI is InChI=1S/C24H39N5O2/c1-14(2)16(5)22(28-25)18(7)21-13-20(24(30)31-15(3)4)17(6)23(27-21)19(8)29-11-9-26-10-12-29/h13-16,22,25-27H,8-12H2,1-7H3/b21-18-,28-25?/t16-,22+/m1/s1. The van der Waals surface area contributed by atoms with Crippen LogP contribution in [0.25, 0.3) is 0 Å². The van der Waals surface area contributed by atoms with Crippen LogP contribution in [0.4, 0.5) is 0 Å². The monoisotopic (exact) mass is 429 g/mol. The predicted octanol–water partition coefficient (Wildman–Crippen LogP) is 4.13. The van der Waals surface area contributed by atoms with E-state index >= 15 is 0 Å². The van der Waals surface area contributed by atoms with Crippen molar-refractivity contribution in [1.82, 2.24) is 15.5 Å². The molecule has 172 valence electrons. The molecule has 0 aromatic carbocycles. The lowest BCUT2D eigenvalue weighted by molar-refractivity contribution is -0.142. The number of carbonyl (C=O) groups excluding carboxylic acids is 1. The molecule has 0 spiro atoms. The third-order valence-corrected chi connectivity index (χ3v) is 6.23. The van der Waals surface area contributed by atoms with Crippen LogP contribution >= 0.6 is 0 Å². The highest BCUT2D eigenvalue weighted by Crippen LogP contribution is 2.32. The molecule has 0 amide bonds. The number of ether oxygens (including phenoxy) is 1. The van der Waals surface area contributed by atoms with Gasteiger partial charge in [-0.25, -0.2) is 10.3 Å². The Morgan fingerprint density at radius 1 is 1.23 bits per heavy atom. The molecule has 2 heterocycles. The minimum atomic E-state index is -0.346. The van der Waals surface area contributed by atoms with Gasteiger partial charge in [0.2, 0.25) is 0 Å². The van der Waals surface area contributed by atoms with E-state index in [4.69, 9.17) is 10.3 Å². The lowest BCUT2D eigenvalue weighted by Crippen LogP contribution is -2.44. The first-order valence-electron chi connectivity index (χ1n) is 11.2. The third kappa shape index (κ3) is 5.85. The van der Waals surface area contributed by atoms with Crippen LogP contribution in [0.3, 0.4) is 0 Å². The molecule has 2 aliphatic rings. The summed E-state index contributed by atoms with van der Waals surface area (Å²) in [6, 6.07) is -0.270. The highest BCUT2D eigenvalue weighted by Gasteiger charge is 2.29. The zero-order valence-electron chi connectivity index (χ0n) is 20.1. The molecule has 2 atom stereocenters. The summed E-state index contributed by atoms with van der Waals surface area (Å²) in [7, 11) is 0. The second kappa shape index (κ2) is 10.8. The van der Waals surface area contributed by atoms with E-state index in [1.165, 1.54) is 0 Å². The highest BCUT2D eigenvalue weighted by atomic mass is 16.5. The molecule has 2 rings (SSSR count). The molecule has 31 heavy (non-hydrogen) atoms. The fourth-order valence-corrected chi connectivity index (χ4v) is 3.87. The second-order valence-corrected chi connectivity index (χ2v) is 9.09. The maximum atomic E-state index is 12.9. The van der Waals surface area contributed by atoms with Crippen molar-refractivity contribution in [3.05, 3.63) is 46.5 Å². The molecule has 0 unspecified atom stereocenters. The molecule has 3 N–H and O–H groups in total. The maximum Gasteiger partial charge on any atom is 0.338 e. The Labute approximate surface area is 187 Å². The number of rotatable bonds is 8. The lowest BCUT2D eigenvalue weighted by Gasteiger charge is -2.35. The van der Waals surface area contributed by atoms with Crippen molar-refractivity contribution in [2.24, 2.45) is 17.0 Å². The molecular weight excluding hydrogens is 390 g/mol. The largest absolute Gasteiger partial charge is 0.459 e. The van der Waals surface area contributed by atoms with Crippen LogP contribution < -0.4 is 10.6 Å². The molecule has 0 saturated carbocycles. The van der Waals surface area contributed by atoms with Gasteiger partial charge in [0.05, 0.1) is 29.1 Å². The lowest BCUT2D eigenvalue weighted by atomic mass is 9.85. The molecule has 0 aromatic rings. The van der Waals surface area contributed by atoms with Gasteiger partial charge in [0, 0.05) is 31.9 Å². The minimum Gasteiger partial charge on any atom is -0.459 e. The Balaban J connectivity index is 2.53. The van der Waals surface area contributed by atoms with Gasteiger partial charge in [-0.15, -0.1) is 0 Å². The smallest absolute Gasteiger partial charge is 0.338 e. The first-order valence-corrected chi connectivity index (χ1v) is 11.2. The number of piperazine rings is 1. The molecule has 0 aromatic heterocycles. The van der Waals surface area contributed by atoms with E-state index in [-0.39, 0.29) is 24.0 Å². The van der Waals surface area contributed by atoms with Crippen LogP contribution in [0.2, 0.25) is 0 Å². The van der Waals surface area contributed by atoms with Crippen LogP contribution in [-0.2, 0) is 9.53 Å². The van der Waals surface area contributed by atoms with E-state index in [9.17, 15) is 4.79 Å². The Morgan fingerprint density at radius 3 is 2.35 bits per heavy atom. The number of allylic oxidation sites excluding steroid dienone is 1. The summed E-state index contributed by atoms with van der Waals surface area (Å²) in [6.45, 7) is 21.9. The summed E-state index contributed by atoms with van der Waals surface area (Å²) in [5.41, 5.74) is 12.6. The van der Waals surface area contributed by atoms with Crippen LogP contribution in [0.15, 0.2) is 51.6 Å². The van der Waals surface area contributed by atoms with Crippen LogP contribution in [0.1, 0.15) is 48.5 Å². The van der Waals surface area contributed by atoms with Gasteiger partial charge in [-0.1, -0.05) is 27.4 Å². The molecule has 2 aliphatic heterocycles. The van der Waals surface area contributed by atoms with E-state index < -0.39 is 0 Å². The van der Waals surface area contributed by atoms with Crippen molar-refractivity contribution < 1.29 is 9.53 Å². The molecule has 7 nitrogen and oxygen atoms in total. The van der Waals surface area contributed by atoms with Gasteiger partial charge >= 0.3 is 5.97 Å². The third-order valence-electron chi connectivity index (χ3n) is 6.23. The van der Waals surface area contributed by atoms with E-state index in [2.05, 4.69) is 48.0 Å². The van der Waals surface area contributed by atoms with E-state index in [0.717, 1.165) is 54.4 Å². The maximum absolute atomic E-state index is 12.9. The summed E-state index contributed by atoms with van der Waals surface area (Å²) in [6.07, 6.45) is 1.64. The van der Waals surface area contributed by atoms with Crippen LogP contribution in [-0.4, -0.2) is 49.2 Å². The first-order chi connectivity index (χ1) is 14.6. The van der Waals surface area contributed by atoms with Crippen molar-refractivity contribution in [1.29, 1.82) is 5.53 Å². The summed E-state index contributed by atoms with van der Waals surface area (Å²) < 4.78 is 5.53. The second-order valence-electron chi connectivity index (χ2n) is 9.09. The summed E-state index contributed by atoms with van der Waals surface area (Å²) in [4.78, 5) is 15.2. The summed E-state index contributed by atoms with van der Waals surface area (Å²) in [5.74, 6) is 0.222. The number of esters is 1. The van der Waals surface area contributed by atoms with Gasteiger partial charge in [-0.2, -0.15) is 5.11 Å². The number of nitrogens with zero attached hydrogens (tertiary/aromatic N) is 2. The van der Waals surface area contributed by atoms with Gasteiger partial charge in [-0.3, -0.25) is 0 Å². The number of hydrogen-bond donors (Lipinski definition) is 3. The van der Waals surface area contributed by atoms with Crippen LogP contribution in [0.5, 0.6) is 0 Å². The molecule has 0 bridgehead atoms. The highest BCUT2D eigenvalue weighted by molar-refractivity contribution is 5.95. The zero-order chi connectivity index (χ0) is 23.3. The summed E-state index contributed by atoms with van der Waals surface area (Å²) >= 11 is 0. The molecule has 7 heteroatoms. The quantitative estimate of drug-likeness (QED) is 0.399. The SMILES string of the molecule is C=C(C1=C(C)C(C(=O)OC(C)C)=C/C(=C(\C)[C@@H](N=N)[C@H](C)C(C)C)N1)N1CCNCC1. The Bertz CT molecular complexity index is 801. The topological polar surface area (TPSA) is 89.8 Å². The van der Waals surface area contributed by atoms with E-state index in [1.807, 2.05) is 33.8 Å². The average Bonchev–Trinajstić information content (AvgIpc) is 2.73. The van der Waals surface area contributed by atoms with Crippen molar-refractivity contribution in [2.45, 2.75) is 60.6 Å². The number of hydrogen-bond acceptors (Lipinski definition) is 7. The fraction of sp³-hybridized carbons (Fsp3) is 0.625. The van der Waals surface area contributed by atoms with Gasteiger partial charge in [0.25, 0.3) is 0 Å². The molecule has 1 saturated heterocycles. The Hall–Kier alpha value is -2.41. The minimum absolute atomic E-state index is 0.193. The normalized spacial score (nSPS) is 20.8. The van der Waals surface area contributed by atoms with Gasteiger partial charge in [-0.05, 0) is 56.8 Å². The number of dihydropyridines is 1. The number of carbonyl (C=O) groups is 1. The average molecular weight is 430 g/mol. The fourth-order valence-electron chi connectivity index (χ4n) is 3.87. The predicted molar refractivity (Wildman–Crippen MR) is 124 cm³/mol. The van der Waals surface area contributed by atoms with E-state index in [1.54, 1.807) is 0 Å². The Morgan fingerprint density at radius 2 is 1.84 bits per heavy atom. The van der Waals surface area contributed by atoms with Gasteiger partial charge in [0.1, 0.15) is 0 Å². The van der Waals surface area contributed by atoms with Gasteiger partial charge < -0.3 is 20.3 Å². The number of nitrogens with one attached hydrogen (secondary N) is 3. The molecular formula is C24H39N5O2. The van der Waals surface area contributed by atoms with Crippen molar-refractivity contribution in [3.8, 4) is 0 Å². The Kier molecular flexibility index (Phi) is 8.62. The van der Waals surface area contributed by atoms with Crippen molar-refractivity contribution >= 4 is 5.97 Å².